The fourth-order valence-corrected chi connectivity index (χ4v) is 3.33. The van der Waals surface area contributed by atoms with Gasteiger partial charge in [0.1, 0.15) is 17.6 Å². The summed E-state index contributed by atoms with van der Waals surface area (Å²) in [4.78, 5) is 16.8. The molecule has 24 heavy (non-hydrogen) atoms. The third-order valence-corrected chi connectivity index (χ3v) is 4.51. The van der Waals surface area contributed by atoms with Gasteiger partial charge in [-0.3, -0.25) is 9.20 Å². The summed E-state index contributed by atoms with van der Waals surface area (Å²) in [7, 11) is 0. The van der Waals surface area contributed by atoms with E-state index in [4.69, 9.17) is 11.6 Å². The molecule has 0 aliphatic carbocycles. The topological polar surface area (TPSA) is 98.9 Å². The summed E-state index contributed by atoms with van der Waals surface area (Å²) in [6.45, 7) is 2.64. The molecule has 130 valence electrons. The monoisotopic (exact) mass is 352 g/mol. The molecule has 3 rings (SSSR count). The van der Waals surface area contributed by atoms with Gasteiger partial charge in [0.25, 0.3) is 5.56 Å². The van der Waals surface area contributed by atoms with E-state index in [0.717, 1.165) is 18.5 Å². The maximum absolute atomic E-state index is 12.6. The van der Waals surface area contributed by atoms with Gasteiger partial charge in [-0.05, 0) is 37.9 Å². The largest absolute Gasteiger partial charge is 0.392 e. The predicted octanol–water partition coefficient (Wildman–Crippen LogP) is 0.890. The molecule has 3 atom stereocenters. The van der Waals surface area contributed by atoms with Crippen LogP contribution in [0.4, 0.5) is 5.69 Å². The lowest BCUT2D eigenvalue weighted by atomic mass is 9.98. The number of hydrogen-bond acceptors (Lipinski definition) is 6. The van der Waals surface area contributed by atoms with Crippen LogP contribution in [-0.2, 0) is 0 Å². The highest BCUT2D eigenvalue weighted by molar-refractivity contribution is 6.30. The van der Waals surface area contributed by atoms with Crippen molar-refractivity contribution in [3.63, 3.8) is 0 Å². The Balaban J connectivity index is 1.79. The molecule has 4 N–H and O–H groups in total. The molecule has 0 radical (unpaired) electrons. The van der Waals surface area contributed by atoms with Gasteiger partial charge in [0.2, 0.25) is 0 Å². The van der Waals surface area contributed by atoms with Crippen LogP contribution in [-0.4, -0.2) is 44.5 Å². The summed E-state index contributed by atoms with van der Waals surface area (Å²) in [6, 6.07) is 1.54. The molecule has 1 saturated heterocycles. The second kappa shape index (κ2) is 7.06. The van der Waals surface area contributed by atoms with E-state index in [9.17, 15) is 15.0 Å². The molecule has 1 aliphatic heterocycles. The molecular formula is C16H21ClN4O3. The quantitative estimate of drug-likeness (QED) is 0.610. The Kier molecular flexibility index (Phi) is 5.05. The zero-order valence-electron chi connectivity index (χ0n) is 13.4. The minimum atomic E-state index is -0.969. The van der Waals surface area contributed by atoms with Crippen LogP contribution in [0, 0.1) is 6.92 Å². The van der Waals surface area contributed by atoms with E-state index in [2.05, 4.69) is 15.6 Å². The van der Waals surface area contributed by atoms with Gasteiger partial charge in [-0.15, -0.1) is 0 Å². The number of hydrogen-bond donors (Lipinski definition) is 4. The molecule has 1 aliphatic rings. The third kappa shape index (κ3) is 3.54. The Morgan fingerprint density at radius 2 is 2.38 bits per heavy atom. The maximum Gasteiger partial charge on any atom is 0.281 e. The van der Waals surface area contributed by atoms with Crippen molar-refractivity contribution in [2.45, 2.75) is 44.6 Å². The van der Waals surface area contributed by atoms with E-state index in [1.807, 2.05) is 6.92 Å². The van der Waals surface area contributed by atoms with Crippen molar-refractivity contribution in [1.29, 1.82) is 0 Å². The zero-order valence-corrected chi connectivity index (χ0v) is 14.1. The minimum Gasteiger partial charge on any atom is -0.392 e. The van der Waals surface area contributed by atoms with Crippen LogP contribution in [0.15, 0.2) is 23.3 Å². The van der Waals surface area contributed by atoms with E-state index < -0.39 is 12.3 Å². The van der Waals surface area contributed by atoms with Crippen molar-refractivity contribution in [3.8, 4) is 0 Å². The number of nitrogens with one attached hydrogen (secondary N) is 2. The van der Waals surface area contributed by atoms with Crippen molar-refractivity contribution in [2.24, 2.45) is 0 Å². The first kappa shape index (κ1) is 17.2. The molecule has 0 saturated carbocycles. The van der Waals surface area contributed by atoms with Crippen LogP contribution in [0.2, 0.25) is 5.02 Å². The molecule has 0 aromatic carbocycles. The summed E-state index contributed by atoms with van der Waals surface area (Å²) >= 11 is 6.01. The summed E-state index contributed by atoms with van der Waals surface area (Å²) in [6.07, 6.45) is 3.36. The third-order valence-electron chi connectivity index (χ3n) is 4.30. The Bertz CT molecular complexity index is 795. The SMILES string of the molecule is Cc1cc(Cl)cn2c(=O)c(N[C@@H](O)C[C@H]3NCCC[C@@H]3O)cnc12. The number of aromatic nitrogens is 2. The van der Waals surface area contributed by atoms with Gasteiger partial charge in [0.15, 0.2) is 0 Å². The highest BCUT2D eigenvalue weighted by atomic mass is 35.5. The van der Waals surface area contributed by atoms with Crippen molar-refractivity contribution in [2.75, 3.05) is 11.9 Å². The number of aryl methyl sites for hydroxylation is 1. The number of aliphatic hydroxyl groups excluding tert-OH is 2. The number of aliphatic hydroxyl groups is 2. The molecule has 2 aromatic rings. The molecular weight excluding hydrogens is 332 g/mol. The number of nitrogens with zero attached hydrogens (tertiary/aromatic N) is 2. The smallest absolute Gasteiger partial charge is 0.281 e. The molecule has 0 unspecified atom stereocenters. The number of piperidine rings is 1. The summed E-state index contributed by atoms with van der Waals surface area (Å²) in [5.41, 5.74) is 1.17. The molecule has 2 aromatic heterocycles. The maximum atomic E-state index is 12.6. The van der Waals surface area contributed by atoms with Gasteiger partial charge < -0.3 is 20.8 Å². The molecule has 1 fully saturated rings. The van der Waals surface area contributed by atoms with E-state index in [1.165, 1.54) is 16.8 Å². The lowest BCUT2D eigenvalue weighted by Crippen LogP contribution is -2.47. The van der Waals surface area contributed by atoms with E-state index in [1.54, 1.807) is 6.07 Å². The molecule has 3 heterocycles. The average Bonchev–Trinajstić information content (AvgIpc) is 2.53. The van der Waals surface area contributed by atoms with Crippen LogP contribution in [0.1, 0.15) is 24.8 Å². The minimum absolute atomic E-state index is 0.187. The number of halogens is 1. The Labute approximate surface area is 144 Å². The standard InChI is InChI=1S/C16H21ClN4O3/c1-9-5-10(17)8-21-15(9)19-7-12(16(21)24)20-14(23)6-11-13(22)3-2-4-18-11/h5,7-8,11,13-14,18,20,22-23H,2-4,6H2,1H3/t11-,13+,14+/m1/s1. The van der Waals surface area contributed by atoms with Crippen LogP contribution < -0.4 is 16.2 Å². The molecule has 0 spiro atoms. The summed E-state index contributed by atoms with van der Waals surface area (Å²) in [5.74, 6) is 0. The van der Waals surface area contributed by atoms with E-state index >= 15 is 0 Å². The van der Waals surface area contributed by atoms with Gasteiger partial charge in [0, 0.05) is 18.7 Å². The van der Waals surface area contributed by atoms with Crippen molar-refractivity contribution >= 4 is 22.9 Å². The zero-order chi connectivity index (χ0) is 17.3. The van der Waals surface area contributed by atoms with Crippen LogP contribution in [0.3, 0.4) is 0 Å². The van der Waals surface area contributed by atoms with Crippen LogP contribution >= 0.6 is 11.6 Å². The Morgan fingerprint density at radius 1 is 1.58 bits per heavy atom. The number of anilines is 1. The predicted molar refractivity (Wildman–Crippen MR) is 92.5 cm³/mol. The first-order valence-corrected chi connectivity index (χ1v) is 8.37. The van der Waals surface area contributed by atoms with Crippen molar-refractivity contribution in [3.05, 3.63) is 39.4 Å². The number of rotatable bonds is 4. The van der Waals surface area contributed by atoms with Crippen molar-refractivity contribution in [1.82, 2.24) is 14.7 Å². The van der Waals surface area contributed by atoms with Crippen LogP contribution in [0.25, 0.3) is 5.65 Å². The Morgan fingerprint density at radius 3 is 3.12 bits per heavy atom. The second-order valence-electron chi connectivity index (χ2n) is 6.18. The molecule has 0 amide bonds. The van der Waals surface area contributed by atoms with Gasteiger partial charge in [0.05, 0.1) is 17.3 Å². The molecule has 0 bridgehead atoms. The summed E-state index contributed by atoms with van der Waals surface area (Å²) < 4.78 is 1.36. The van der Waals surface area contributed by atoms with Gasteiger partial charge in [-0.25, -0.2) is 4.98 Å². The van der Waals surface area contributed by atoms with Gasteiger partial charge in [-0.1, -0.05) is 11.6 Å². The normalized spacial score (nSPS) is 22.5. The fraction of sp³-hybridized carbons (Fsp3) is 0.500. The Hall–Kier alpha value is -1.67. The second-order valence-corrected chi connectivity index (χ2v) is 6.61. The number of fused-ring (bicyclic) bond motifs is 1. The van der Waals surface area contributed by atoms with Crippen molar-refractivity contribution < 1.29 is 10.2 Å². The van der Waals surface area contributed by atoms with E-state index in [0.29, 0.717) is 17.1 Å². The average molecular weight is 353 g/mol. The van der Waals surface area contributed by atoms with Gasteiger partial charge in [-0.2, -0.15) is 0 Å². The van der Waals surface area contributed by atoms with E-state index in [-0.39, 0.29) is 23.7 Å². The highest BCUT2D eigenvalue weighted by Crippen LogP contribution is 2.16. The number of pyridine rings is 1. The first-order valence-electron chi connectivity index (χ1n) is 7.99. The molecule has 7 nitrogen and oxygen atoms in total. The lowest BCUT2D eigenvalue weighted by molar-refractivity contribution is 0.0669. The lowest BCUT2D eigenvalue weighted by Gasteiger charge is -2.30. The highest BCUT2D eigenvalue weighted by Gasteiger charge is 2.25. The van der Waals surface area contributed by atoms with Crippen LogP contribution in [0.5, 0.6) is 0 Å². The summed E-state index contributed by atoms with van der Waals surface area (Å²) in [5, 5.41) is 26.6. The van der Waals surface area contributed by atoms with Gasteiger partial charge >= 0.3 is 0 Å². The fourth-order valence-electron chi connectivity index (χ4n) is 3.07. The molecule has 8 heteroatoms. The first-order chi connectivity index (χ1) is 11.5.